The molecule has 0 saturated heterocycles. The number of esters is 1. The summed E-state index contributed by atoms with van der Waals surface area (Å²) in [4.78, 5) is 49.1. The maximum absolute atomic E-state index is 12.6. The molecule has 3 rings (SSSR count). The van der Waals surface area contributed by atoms with Crippen LogP contribution in [0.2, 0.25) is 5.02 Å². The second-order valence-corrected chi connectivity index (χ2v) is 8.18. The molecule has 8 nitrogen and oxygen atoms in total. The predicted octanol–water partition coefficient (Wildman–Crippen LogP) is 3.24. The number of ketones is 1. The first kappa shape index (κ1) is 23.3. The van der Waals surface area contributed by atoms with Gasteiger partial charge in [-0.25, -0.2) is 4.79 Å². The van der Waals surface area contributed by atoms with Gasteiger partial charge in [-0.2, -0.15) is 0 Å². The maximum atomic E-state index is 12.6. The Morgan fingerprint density at radius 3 is 2.50 bits per heavy atom. The zero-order chi connectivity index (χ0) is 23.3. The van der Waals surface area contributed by atoms with Crippen molar-refractivity contribution in [1.29, 1.82) is 0 Å². The lowest BCUT2D eigenvalue weighted by Gasteiger charge is -2.20. The van der Waals surface area contributed by atoms with E-state index in [9.17, 15) is 19.2 Å². The summed E-state index contributed by atoms with van der Waals surface area (Å²) in [7, 11) is 0. The first-order valence-electron chi connectivity index (χ1n) is 10.1. The van der Waals surface area contributed by atoms with E-state index in [-0.39, 0.29) is 24.0 Å². The zero-order valence-corrected chi connectivity index (χ0v) is 18.4. The SMILES string of the molecule is CC(C)C[C@@H](NC(=O)c1ccc(Cl)cc1)C(=O)OCC(=O)c1ccc2c(c1)NC(=O)CO2. The number of ether oxygens (including phenoxy) is 2. The number of fused-ring (bicyclic) bond motifs is 1. The number of hydrogen-bond donors (Lipinski definition) is 2. The van der Waals surface area contributed by atoms with E-state index >= 15 is 0 Å². The van der Waals surface area contributed by atoms with Gasteiger partial charge in [0.2, 0.25) is 0 Å². The van der Waals surface area contributed by atoms with Crippen molar-refractivity contribution < 1.29 is 28.7 Å². The molecule has 2 aromatic rings. The zero-order valence-electron chi connectivity index (χ0n) is 17.6. The second kappa shape index (κ2) is 10.3. The molecule has 32 heavy (non-hydrogen) atoms. The van der Waals surface area contributed by atoms with Gasteiger partial charge in [-0.3, -0.25) is 14.4 Å². The van der Waals surface area contributed by atoms with Crippen molar-refractivity contribution in [2.45, 2.75) is 26.3 Å². The van der Waals surface area contributed by atoms with Crippen molar-refractivity contribution in [2.75, 3.05) is 18.5 Å². The molecule has 168 valence electrons. The molecule has 0 bridgehead atoms. The number of carbonyl (C=O) groups excluding carboxylic acids is 4. The van der Waals surface area contributed by atoms with Crippen molar-refractivity contribution in [3.05, 3.63) is 58.6 Å². The summed E-state index contributed by atoms with van der Waals surface area (Å²) in [6.07, 6.45) is 0.342. The highest BCUT2D eigenvalue weighted by molar-refractivity contribution is 6.30. The van der Waals surface area contributed by atoms with E-state index in [4.69, 9.17) is 21.1 Å². The molecule has 2 amide bonds. The lowest BCUT2D eigenvalue weighted by Crippen LogP contribution is -2.43. The highest BCUT2D eigenvalue weighted by Crippen LogP contribution is 2.28. The van der Waals surface area contributed by atoms with Crippen molar-refractivity contribution in [1.82, 2.24) is 5.32 Å². The van der Waals surface area contributed by atoms with Gasteiger partial charge in [0, 0.05) is 16.1 Å². The summed E-state index contributed by atoms with van der Waals surface area (Å²) in [5.74, 6) is -1.36. The molecule has 0 spiro atoms. The lowest BCUT2D eigenvalue weighted by atomic mass is 10.0. The Morgan fingerprint density at radius 2 is 1.81 bits per heavy atom. The third kappa shape index (κ3) is 6.07. The fourth-order valence-electron chi connectivity index (χ4n) is 3.11. The normalized spacial score (nSPS) is 13.4. The highest BCUT2D eigenvalue weighted by atomic mass is 35.5. The summed E-state index contributed by atoms with van der Waals surface area (Å²) in [6, 6.07) is 9.92. The third-order valence-corrected chi connectivity index (χ3v) is 4.94. The number of nitrogens with one attached hydrogen (secondary N) is 2. The van der Waals surface area contributed by atoms with Crippen LogP contribution in [0.1, 0.15) is 41.0 Å². The molecule has 2 aromatic carbocycles. The summed E-state index contributed by atoms with van der Waals surface area (Å²) < 4.78 is 10.5. The number of anilines is 1. The Balaban J connectivity index is 1.62. The molecule has 0 aromatic heterocycles. The topological polar surface area (TPSA) is 111 Å². The van der Waals surface area contributed by atoms with Crippen molar-refractivity contribution in [2.24, 2.45) is 5.92 Å². The fourth-order valence-corrected chi connectivity index (χ4v) is 3.23. The third-order valence-electron chi connectivity index (χ3n) is 4.68. The van der Waals surface area contributed by atoms with E-state index in [1.165, 1.54) is 12.1 Å². The number of carbonyl (C=O) groups is 4. The van der Waals surface area contributed by atoms with Crippen LogP contribution >= 0.6 is 11.6 Å². The van der Waals surface area contributed by atoms with Crippen LogP contribution in [0.25, 0.3) is 0 Å². The predicted molar refractivity (Wildman–Crippen MR) is 118 cm³/mol. The van der Waals surface area contributed by atoms with Gasteiger partial charge in [-0.15, -0.1) is 0 Å². The Kier molecular flexibility index (Phi) is 7.48. The molecule has 1 aliphatic rings. The maximum Gasteiger partial charge on any atom is 0.329 e. The minimum absolute atomic E-state index is 0.0864. The summed E-state index contributed by atoms with van der Waals surface area (Å²) in [5, 5.41) is 5.77. The van der Waals surface area contributed by atoms with Crippen LogP contribution in [-0.2, 0) is 14.3 Å². The average molecular weight is 459 g/mol. The number of rotatable bonds is 8. The number of amides is 2. The standard InChI is InChI=1S/C23H23ClN2O6/c1-13(2)9-18(26-22(29)14-3-6-16(24)7-4-14)23(30)32-11-19(27)15-5-8-20-17(10-15)25-21(28)12-31-20/h3-8,10,13,18H,9,11-12H2,1-2H3,(H,25,28)(H,26,29)/t18-/m1/s1. The minimum atomic E-state index is -0.915. The number of benzene rings is 2. The summed E-state index contributed by atoms with van der Waals surface area (Å²) in [5.41, 5.74) is 0.990. The van der Waals surface area contributed by atoms with Crippen molar-refractivity contribution >= 4 is 40.9 Å². The Hall–Kier alpha value is -3.39. The van der Waals surface area contributed by atoms with Gasteiger partial charge in [-0.05, 0) is 54.8 Å². The molecule has 1 atom stereocenters. The molecular formula is C23H23ClN2O6. The van der Waals surface area contributed by atoms with E-state index < -0.39 is 30.3 Å². The number of Topliss-reactive ketones (excluding diaryl/α,β-unsaturated/α-hetero) is 1. The van der Waals surface area contributed by atoms with Crippen molar-refractivity contribution in [3.63, 3.8) is 0 Å². The van der Waals surface area contributed by atoms with E-state index in [1.807, 2.05) is 13.8 Å². The van der Waals surface area contributed by atoms with E-state index in [0.717, 1.165) is 0 Å². The van der Waals surface area contributed by atoms with Gasteiger partial charge >= 0.3 is 5.97 Å². The molecule has 1 heterocycles. The molecule has 0 saturated carbocycles. The van der Waals surface area contributed by atoms with Crippen LogP contribution in [0.4, 0.5) is 5.69 Å². The molecule has 0 fully saturated rings. The van der Waals surface area contributed by atoms with Gasteiger partial charge in [-0.1, -0.05) is 25.4 Å². The average Bonchev–Trinajstić information content (AvgIpc) is 2.76. The van der Waals surface area contributed by atoms with E-state index in [0.29, 0.717) is 28.4 Å². The van der Waals surface area contributed by atoms with Gasteiger partial charge in [0.05, 0.1) is 5.69 Å². The van der Waals surface area contributed by atoms with Gasteiger partial charge in [0.25, 0.3) is 11.8 Å². The van der Waals surface area contributed by atoms with E-state index in [1.54, 1.807) is 30.3 Å². The second-order valence-electron chi connectivity index (χ2n) is 7.74. The van der Waals surface area contributed by atoms with Crippen LogP contribution in [-0.4, -0.2) is 42.8 Å². The number of halogens is 1. The quantitative estimate of drug-likeness (QED) is 0.464. The van der Waals surface area contributed by atoms with E-state index in [2.05, 4.69) is 10.6 Å². The molecule has 0 radical (unpaired) electrons. The first-order chi connectivity index (χ1) is 15.2. The van der Waals surface area contributed by atoms with Crippen LogP contribution in [0.5, 0.6) is 5.75 Å². The Labute approximate surface area is 190 Å². The smallest absolute Gasteiger partial charge is 0.329 e. The number of hydrogen-bond acceptors (Lipinski definition) is 6. The molecule has 0 aliphatic carbocycles. The summed E-state index contributed by atoms with van der Waals surface area (Å²) >= 11 is 5.84. The molecule has 0 unspecified atom stereocenters. The van der Waals surface area contributed by atoms with Gasteiger partial charge in [0.1, 0.15) is 11.8 Å². The molecule has 2 N–H and O–H groups in total. The fraction of sp³-hybridized carbons (Fsp3) is 0.304. The molecule has 1 aliphatic heterocycles. The van der Waals surface area contributed by atoms with Gasteiger partial charge in [0.15, 0.2) is 19.0 Å². The summed E-state index contributed by atoms with van der Waals surface area (Å²) in [6.45, 7) is 3.22. The largest absolute Gasteiger partial charge is 0.482 e. The van der Waals surface area contributed by atoms with Crippen LogP contribution in [0, 0.1) is 5.92 Å². The molecular weight excluding hydrogens is 436 g/mol. The van der Waals surface area contributed by atoms with Crippen molar-refractivity contribution in [3.8, 4) is 5.75 Å². The Bertz CT molecular complexity index is 1040. The van der Waals surface area contributed by atoms with Crippen LogP contribution in [0.3, 0.4) is 0 Å². The molecule has 9 heteroatoms. The van der Waals surface area contributed by atoms with Crippen LogP contribution in [0.15, 0.2) is 42.5 Å². The Morgan fingerprint density at radius 1 is 1.12 bits per heavy atom. The van der Waals surface area contributed by atoms with Crippen LogP contribution < -0.4 is 15.4 Å². The lowest BCUT2D eigenvalue weighted by molar-refractivity contribution is -0.145. The van der Waals surface area contributed by atoms with Gasteiger partial charge < -0.3 is 20.1 Å². The first-order valence-corrected chi connectivity index (χ1v) is 10.4. The monoisotopic (exact) mass is 458 g/mol. The highest BCUT2D eigenvalue weighted by Gasteiger charge is 2.25. The minimum Gasteiger partial charge on any atom is -0.482 e.